The van der Waals surface area contributed by atoms with Gasteiger partial charge in [-0.15, -0.1) is 0 Å². The Labute approximate surface area is 118 Å². The summed E-state index contributed by atoms with van der Waals surface area (Å²) in [5.41, 5.74) is 0.710. The van der Waals surface area contributed by atoms with Crippen LogP contribution in [0.5, 0.6) is 0 Å². The second-order valence-corrected chi connectivity index (χ2v) is 6.03. The fourth-order valence-electron chi connectivity index (χ4n) is 3.66. The number of nitrogens with one attached hydrogen (secondary N) is 1. The van der Waals surface area contributed by atoms with E-state index in [2.05, 4.69) is 17.1 Å². The average Bonchev–Trinajstić information content (AvgIpc) is 3.05. The van der Waals surface area contributed by atoms with Crippen molar-refractivity contribution in [3.05, 3.63) is 11.8 Å². The lowest BCUT2D eigenvalue weighted by Crippen LogP contribution is -2.45. The maximum atomic E-state index is 12.2. The highest BCUT2D eigenvalue weighted by molar-refractivity contribution is 5.94. The van der Waals surface area contributed by atoms with Gasteiger partial charge in [0.2, 0.25) is 0 Å². The lowest BCUT2D eigenvalue weighted by molar-refractivity contribution is 0.0881. The van der Waals surface area contributed by atoms with Gasteiger partial charge in [-0.3, -0.25) is 9.48 Å². The van der Waals surface area contributed by atoms with E-state index < -0.39 is 0 Å². The Kier molecular flexibility index (Phi) is 2.73. The summed E-state index contributed by atoms with van der Waals surface area (Å²) in [6.07, 6.45) is 3.34. The molecule has 0 bridgehead atoms. The molecule has 1 aromatic rings. The number of ether oxygens (including phenoxy) is 1. The summed E-state index contributed by atoms with van der Waals surface area (Å²) in [5.74, 6) is 0.936. The van der Waals surface area contributed by atoms with Crippen LogP contribution in [0, 0.1) is 0 Å². The summed E-state index contributed by atoms with van der Waals surface area (Å²) >= 11 is 0. The van der Waals surface area contributed by atoms with Crippen molar-refractivity contribution in [3.63, 3.8) is 0 Å². The topological polar surface area (TPSA) is 59.4 Å². The van der Waals surface area contributed by atoms with E-state index in [0.29, 0.717) is 17.8 Å². The molecule has 3 atom stereocenters. The normalized spacial score (nSPS) is 32.8. The van der Waals surface area contributed by atoms with Crippen molar-refractivity contribution in [2.24, 2.45) is 0 Å². The summed E-state index contributed by atoms with van der Waals surface area (Å²) in [7, 11) is 0. The maximum Gasteiger partial charge on any atom is 0.269 e. The highest BCUT2D eigenvalue weighted by Crippen LogP contribution is 2.35. The van der Waals surface area contributed by atoms with Crippen LogP contribution in [0.4, 0.5) is 5.82 Å². The van der Waals surface area contributed by atoms with E-state index in [4.69, 9.17) is 9.84 Å². The Morgan fingerprint density at radius 1 is 1.45 bits per heavy atom. The van der Waals surface area contributed by atoms with Crippen LogP contribution < -0.4 is 10.2 Å². The van der Waals surface area contributed by atoms with Crippen molar-refractivity contribution < 1.29 is 9.53 Å². The number of anilines is 1. The first-order valence-corrected chi connectivity index (χ1v) is 7.49. The van der Waals surface area contributed by atoms with Gasteiger partial charge in [0.05, 0.1) is 31.3 Å². The number of rotatable bonds is 1. The highest BCUT2D eigenvalue weighted by atomic mass is 16.5. The summed E-state index contributed by atoms with van der Waals surface area (Å²) < 4.78 is 7.44. The molecule has 108 valence electrons. The van der Waals surface area contributed by atoms with Gasteiger partial charge in [-0.05, 0) is 26.2 Å². The Morgan fingerprint density at radius 2 is 2.35 bits per heavy atom. The van der Waals surface area contributed by atoms with E-state index in [1.54, 1.807) is 0 Å². The second-order valence-electron chi connectivity index (χ2n) is 6.03. The lowest BCUT2D eigenvalue weighted by atomic mass is 10.1. The maximum absolute atomic E-state index is 12.2. The molecule has 2 fully saturated rings. The van der Waals surface area contributed by atoms with Crippen LogP contribution in [-0.4, -0.2) is 47.5 Å². The van der Waals surface area contributed by atoms with Crippen LogP contribution in [-0.2, 0) is 4.74 Å². The van der Waals surface area contributed by atoms with Crippen molar-refractivity contribution in [1.29, 1.82) is 0 Å². The van der Waals surface area contributed by atoms with E-state index in [1.165, 1.54) is 0 Å². The molecule has 1 saturated carbocycles. The first kappa shape index (κ1) is 12.2. The number of hydrogen-bond acceptors (Lipinski definition) is 4. The van der Waals surface area contributed by atoms with E-state index in [0.717, 1.165) is 44.8 Å². The molecule has 20 heavy (non-hydrogen) atoms. The monoisotopic (exact) mass is 276 g/mol. The van der Waals surface area contributed by atoms with Gasteiger partial charge in [0.15, 0.2) is 5.82 Å². The van der Waals surface area contributed by atoms with Gasteiger partial charge in [-0.25, -0.2) is 0 Å². The Morgan fingerprint density at radius 3 is 3.20 bits per heavy atom. The largest absolute Gasteiger partial charge is 0.377 e. The van der Waals surface area contributed by atoms with Gasteiger partial charge in [0.1, 0.15) is 5.69 Å². The summed E-state index contributed by atoms with van der Waals surface area (Å²) in [6, 6.07) is 2.85. The smallest absolute Gasteiger partial charge is 0.269 e. The van der Waals surface area contributed by atoms with E-state index in [1.807, 2.05) is 10.7 Å². The highest BCUT2D eigenvalue weighted by Gasteiger charge is 2.38. The SMILES string of the molecule is CC1COCCN1c1cc2n(n1)C1CCCC1NC2=O. The van der Waals surface area contributed by atoms with Crippen LogP contribution in [0.3, 0.4) is 0 Å². The molecule has 0 aromatic carbocycles. The Balaban J connectivity index is 1.70. The first-order chi connectivity index (χ1) is 9.74. The van der Waals surface area contributed by atoms with Crippen molar-refractivity contribution in [3.8, 4) is 0 Å². The third-order valence-electron chi connectivity index (χ3n) is 4.73. The van der Waals surface area contributed by atoms with Gasteiger partial charge >= 0.3 is 0 Å². The van der Waals surface area contributed by atoms with Gasteiger partial charge in [-0.1, -0.05) is 0 Å². The third kappa shape index (κ3) is 1.74. The molecule has 3 aliphatic rings. The molecule has 1 N–H and O–H groups in total. The molecule has 1 saturated heterocycles. The summed E-state index contributed by atoms with van der Waals surface area (Å²) in [6.45, 7) is 4.43. The van der Waals surface area contributed by atoms with Crippen molar-refractivity contribution in [2.45, 2.75) is 44.3 Å². The molecular weight excluding hydrogens is 256 g/mol. The van der Waals surface area contributed by atoms with E-state index >= 15 is 0 Å². The minimum absolute atomic E-state index is 0.0211. The molecule has 3 heterocycles. The number of amides is 1. The molecule has 6 nitrogen and oxygen atoms in total. The second kappa shape index (κ2) is 4.48. The van der Waals surface area contributed by atoms with Gasteiger partial charge in [0.25, 0.3) is 5.91 Å². The van der Waals surface area contributed by atoms with Crippen LogP contribution in [0.2, 0.25) is 0 Å². The molecule has 0 radical (unpaired) electrons. The lowest BCUT2D eigenvalue weighted by Gasteiger charge is -2.33. The van der Waals surface area contributed by atoms with Crippen molar-refractivity contribution in [1.82, 2.24) is 15.1 Å². The number of nitrogens with zero attached hydrogens (tertiary/aromatic N) is 3. The fourth-order valence-corrected chi connectivity index (χ4v) is 3.66. The van der Waals surface area contributed by atoms with E-state index in [-0.39, 0.29) is 11.9 Å². The standard InChI is InChI=1S/C14H20N4O2/c1-9-8-20-6-5-17(9)13-7-12-14(19)15-10-3-2-4-11(10)18(12)16-13/h7,9-11H,2-6,8H2,1H3,(H,15,19). The molecule has 3 unspecified atom stereocenters. The quantitative estimate of drug-likeness (QED) is 0.829. The fraction of sp³-hybridized carbons (Fsp3) is 0.714. The molecule has 4 rings (SSSR count). The zero-order valence-electron chi connectivity index (χ0n) is 11.7. The number of fused-ring (bicyclic) bond motifs is 3. The van der Waals surface area contributed by atoms with Crippen molar-refractivity contribution >= 4 is 11.7 Å². The zero-order valence-corrected chi connectivity index (χ0v) is 11.7. The number of aromatic nitrogens is 2. The molecule has 2 aliphatic heterocycles. The van der Waals surface area contributed by atoms with Gasteiger partial charge in [-0.2, -0.15) is 5.10 Å². The summed E-state index contributed by atoms with van der Waals surface area (Å²) in [5, 5.41) is 7.86. The molecular formula is C14H20N4O2. The Hall–Kier alpha value is -1.56. The molecule has 0 spiro atoms. The summed E-state index contributed by atoms with van der Waals surface area (Å²) in [4.78, 5) is 14.4. The molecule has 1 amide bonds. The average molecular weight is 276 g/mol. The Bertz CT molecular complexity index is 541. The zero-order chi connectivity index (χ0) is 13.7. The van der Waals surface area contributed by atoms with Gasteiger partial charge < -0.3 is 15.0 Å². The first-order valence-electron chi connectivity index (χ1n) is 7.49. The van der Waals surface area contributed by atoms with Crippen LogP contribution in [0.25, 0.3) is 0 Å². The number of carbonyl (C=O) groups is 1. The molecule has 1 aromatic heterocycles. The number of carbonyl (C=O) groups excluding carboxylic acids is 1. The van der Waals surface area contributed by atoms with Crippen LogP contribution in [0.1, 0.15) is 42.7 Å². The third-order valence-corrected chi connectivity index (χ3v) is 4.73. The minimum atomic E-state index is 0.0211. The molecule has 1 aliphatic carbocycles. The van der Waals surface area contributed by atoms with Gasteiger partial charge in [0, 0.05) is 12.6 Å². The number of hydrogen-bond donors (Lipinski definition) is 1. The van der Waals surface area contributed by atoms with Crippen molar-refractivity contribution in [2.75, 3.05) is 24.7 Å². The van der Waals surface area contributed by atoms with E-state index in [9.17, 15) is 4.79 Å². The predicted octanol–water partition coefficient (Wildman–Crippen LogP) is 0.945. The minimum Gasteiger partial charge on any atom is -0.377 e. The predicted molar refractivity (Wildman–Crippen MR) is 74.0 cm³/mol. The molecule has 6 heteroatoms. The number of morpholine rings is 1. The van der Waals surface area contributed by atoms with Crippen LogP contribution >= 0.6 is 0 Å². The van der Waals surface area contributed by atoms with Crippen LogP contribution in [0.15, 0.2) is 6.07 Å².